The number of benzene rings is 2. The highest BCUT2D eigenvalue weighted by Crippen LogP contribution is 2.27. The van der Waals surface area contributed by atoms with Gasteiger partial charge in [0.05, 0.1) is 0 Å². The zero-order valence-electron chi connectivity index (χ0n) is 12.7. The maximum atomic E-state index is 12.4. The number of carbonyl (C=O) groups is 2. The Balaban J connectivity index is 1.79. The van der Waals surface area contributed by atoms with Gasteiger partial charge in [0, 0.05) is 17.9 Å². The maximum Gasteiger partial charge on any atom is 0.316 e. The minimum absolute atomic E-state index is 0.508. The molecule has 0 fully saturated rings. The molecule has 1 aliphatic heterocycles. The Kier molecular flexibility index (Phi) is 3.67. The number of fused-ring (bicyclic) bond motifs is 1. The molecular weight excluding hydrogens is 276 g/mol. The molecule has 2 amide bonds. The second kappa shape index (κ2) is 5.64. The molecule has 22 heavy (non-hydrogen) atoms. The summed E-state index contributed by atoms with van der Waals surface area (Å²) in [5.74, 6) is -1.10. The number of nitrogens with zero attached hydrogens (tertiary/aromatic N) is 1. The molecule has 1 N–H and O–H groups in total. The van der Waals surface area contributed by atoms with Gasteiger partial charge in [-0.3, -0.25) is 9.59 Å². The molecule has 0 saturated heterocycles. The lowest BCUT2D eigenvalue weighted by molar-refractivity contribution is -0.134. The second-order valence-electron chi connectivity index (χ2n) is 5.54. The monoisotopic (exact) mass is 294 g/mol. The summed E-state index contributed by atoms with van der Waals surface area (Å²) in [4.78, 5) is 26.2. The van der Waals surface area contributed by atoms with Crippen LogP contribution in [-0.4, -0.2) is 18.4 Å². The standard InChI is InChI=1S/C18H18N2O2/c1-12-6-5-8-15(13(12)2)19-17(21)18(22)20-11-10-14-7-3-4-9-16(14)20/h3-9H,10-11H2,1-2H3,(H,19,21). The Morgan fingerprint density at radius 2 is 1.82 bits per heavy atom. The number of anilines is 2. The minimum Gasteiger partial charge on any atom is -0.318 e. The molecule has 0 saturated carbocycles. The van der Waals surface area contributed by atoms with Crippen LogP contribution in [0.3, 0.4) is 0 Å². The first-order valence-electron chi connectivity index (χ1n) is 7.35. The SMILES string of the molecule is Cc1cccc(NC(=O)C(=O)N2CCc3ccccc32)c1C. The van der Waals surface area contributed by atoms with Crippen molar-refractivity contribution in [3.05, 3.63) is 59.2 Å². The van der Waals surface area contributed by atoms with Crippen molar-refractivity contribution in [2.45, 2.75) is 20.3 Å². The van der Waals surface area contributed by atoms with Crippen LogP contribution in [0.5, 0.6) is 0 Å². The molecule has 3 rings (SSSR count). The molecule has 0 unspecified atom stereocenters. The van der Waals surface area contributed by atoms with Gasteiger partial charge in [-0.15, -0.1) is 0 Å². The number of aryl methyl sites for hydroxylation is 1. The van der Waals surface area contributed by atoms with Crippen LogP contribution in [0.1, 0.15) is 16.7 Å². The van der Waals surface area contributed by atoms with E-state index in [4.69, 9.17) is 0 Å². The maximum absolute atomic E-state index is 12.4. The van der Waals surface area contributed by atoms with Crippen molar-refractivity contribution in [2.24, 2.45) is 0 Å². The lowest BCUT2D eigenvalue weighted by Gasteiger charge is -2.17. The van der Waals surface area contributed by atoms with Crippen LogP contribution in [0.4, 0.5) is 11.4 Å². The van der Waals surface area contributed by atoms with Crippen molar-refractivity contribution in [1.82, 2.24) is 0 Å². The van der Waals surface area contributed by atoms with Gasteiger partial charge in [0.25, 0.3) is 0 Å². The zero-order valence-corrected chi connectivity index (χ0v) is 12.7. The fourth-order valence-electron chi connectivity index (χ4n) is 2.73. The van der Waals surface area contributed by atoms with E-state index in [9.17, 15) is 9.59 Å². The number of rotatable bonds is 1. The molecule has 2 aromatic carbocycles. The van der Waals surface area contributed by atoms with Crippen molar-refractivity contribution in [2.75, 3.05) is 16.8 Å². The number of hydrogen-bond acceptors (Lipinski definition) is 2. The molecule has 4 nitrogen and oxygen atoms in total. The number of hydrogen-bond donors (Lipinski definition) is 1. The lowest BCUT2D eigenvalue weighted by atomic mass is 10.1. The largest absolute Gasteiger partial charge is 0.318 e. The van der Waals surface area contributed by atoms with Crippen molar-refractivity contribution in [3.8, 4) is 0 Å². The van der Waals surface area contributed by atoms with E-state index < -0.39 is 11.8 Å². The number of nitrogens with one attached hydrogen (secondary N) is 1. The lowest BCUT2D eigenvalue weighted by Crippen LogP contribution is -2.38. The summed E-state index contributed by atoms with van der Waals surface area (Å²) in [6.07, 6.45) is 0.790. The Morgan fingerprint density at radius 3 is 2.64 bits per heavy atom. The molecule has 0 radical (unpaired) electrons. The summed E-state index contributed by atoms with van der Waals surface area (Å²) >= 11 is 0. The van der Waals surface area contributed by atoms with E-state index in [2.05, 4.69) is 5.32 Å². The summed E-state index contributed by atoms with van der Waals surface area (Å²) in [6.45, 7) is 4.46. The van der Waals surface area contributed by atoms with Gasteiger partial charge < -0.3 is 10.2 Å². The van der Waals surface area contributed by atoms with E-state index in [1.165, 1.54) is 0 Å². The molecule has 2 aromatic rings. The third kappa shape index (κ3) is 2.48. The van der Waals surface area contributed by atoms with Gasteiger partial charge in [0.1, 0.15) is 0 Å². The summed E-state index contributed by atoms with van der Waals surface area (Å²) in [6, 6.07) is 13.4. The van der Waals surface area contributed by atoms with E-state index in [1.54, 1.807) is 4.90 Å². The zero-order chi connectivity index (χ0) is 15.7. The Hall–Kier alpha value is -2.62. The second-order valence-corrected chi connectivity index (χ2v) is 5.54. The summed E-state index contributed by atoms with van der Waals surface area (Å²) in [5, 5.41) is 2.73. The van der Waals surface area contributed by atoms with E-state index in [1.807, 2.05) is 56.3 Å². The quantitative estimate of drug-likeness (QED) is 0.822. The van der Waals surface area contributed by atoms with Gasteiger partial charge in [-0.1, -0.05) is 30.3 Å². The first-order chi connectivity index (χ1) is 10.6. The van der Waals surface area contributed by atoms with E-state index >= 15 is 0 Å². The van der Waals surface area contributed by atoms with Crippen molar-refractivity contribution < 1.29 is 9.59 Å². The van der Waals surface area contributed by atoms with Crippen molar-refractivity contribution in [1.29, 1.82) is 0 Å². The first kappa shape index (κ1) is 14.3. The van der Waals surface area contributed by atoms with Gasteiger partial charge in [0.15, 0.2) is 0 Å². The predicted octanol–water partition coefficient (Wildman–Crippen LogP) is 2.83. The molecule has 0 aromatic heterocycles. The minimum atomic E-state index is -0.592. The Labute approximate surface area is 129 Å². The third-order valence-corrected chi connectivity index (χ3v) is 4.18. The summed E-state index contributed by atoms with van der Waals surface area (Å²) in [5.41, 5.74) is 4.69. The summed E-state index contributed by atoms with van der Waals surface area (Å²) in [7, 11) is 0. The van der Waals surface area contributed by atoms with Crippen LogP contribution < -0.4 is 10.2 Å². The average Bonchev–Trinajstić information content (AvgIpc) is 2.95. The summed E-state index contributed by atoms with van der Waals surface area (Å²) < 4.78 is 0. The van der Waals surface area contributed by atoms with Crippen LogP contribution in [0, 0.1) is 13.8 Å². The molecule has 112 valence electrons. The molecule has 0 spiro atoms. The van der Waals surface area contributed by atoms with Crippen molar-refractivity contribution >= 4 is 23.2 Å². The van der Waals surface area contributed by atoms with Gasteiger partial charge in [-0.25, -0.2) is 0 Å². The van der Waals surface area contributed by atoms with Gasteiger partial charge >= 0.3 is 11.8 Å². The Bertz CT molecular complexity index is 753. The molecular formula is C18H18N2O2. The highest BCUT2D eigenvalue weighted by molar-refractivity contribution is 6.44. The van der Waals surface area contributed by atoms with Crippen LogP contribution in [-0.2, 0) is 16.0 Å². The van der Waals surface area contributed by atoms with E-state index in [0.717, 1.165) is 28.8 Å². The highest BCUT2D eigenvalue weighted by Gasteiger charge is 2.29. The van der Waals surface area contributed by atoms with E-state index in [0.29, 0.717) is 12.2 Å². The van der Waals surface area contributed by atoms with Crippen LogP contribution >= 0.6 is 0 Å². The van der Waals surface area contributed by atoms with Crippen molar-refractivity contribution in [3.63, 3.8) is 0 Å². The Morgan fingerprint density at radius 1 is 1.05 bits per heavy atom. The number of carbonyl (C=O) groups excluding carboxylic acids is 2. The van der Waals surface area contributed by atoms with Crippen LogP contribution in [0.25, 0.3) is 0 Å². The van der Waals surface area contributed by atoms with Crippen LogP contribution in [0.15, 0.2) is 42.5 Å². The molecule has 1 aliphatic rings. The number of para-hydroxylation sites is 1. The smallest absolute Gasteiger partial charge is 0.316 e. The van der Waals surface area contributed by atoms with Gasteiger partial charge in [0.2, 0.25) is 0 Å². The van der Waals surface area contributed by atoms with Crippen LogP contribution in [0.2, 0.25) is 0 Å². The van der Waals surface area contributed by atoms with E-state index in [-0.39, 0.29) is 0 Å². The van der Waals surface area contributed by atoms with Gasteiger partial charge in [-0.05, 0) is 49.1 Å². The first-order valence-corrected chi connectivity index (χ1v) is 7.35. The topological polar surface area (TPSA) is 49.4 Å². The third-order valence-electron chi connectivity index (χ3n) is 4.18. The molecule has 0 aliphatic carbocycles. The molecule has 4 heteroatoms. The molecule has 1 heterocycles. The average molecular weight is 294 g/mol. The molecule has 0 atom stereocenters. The molecule has 0 bridgehead atoms. The normalized spacial score (nSPS) is 12.9. The number of amides is 2. The predicted molar refractivity (Wildman–Crippen MR) is 87.0 cm³/mol. The van der Waals surface area contributed by atoms with Gasteiger partial charge in [-0.2, -0.15) is 0 Å². The fourth-order valence-corrected chi connectivity index (χ4v) is 2.73. The fraction of sp³-hybridized carbons (Fsp3) is 0.222. The highest BCUT2D eigenvalue weighted by atomic mass is 16.2.